The molecule has 1 aliphatic rings. The van der Waals surface area contributed by atoms with E-state index in [1.165, 1.54) is 12.1 Å². The second-order valence-electron chi connectivity index (χ2n) is 5.89. The average molecular weight is 282 g/mol. The monoisotopic (exact) mass is 282 g/mol. The Balaban J connectivity index is 1.89. The van der Waals surface area contributed by atoms with Crippen LogP contribution in [0.4, 0.5) is 4.39 Å². The fraction of sp³-hybridized carbons (Fsp3) is 0.316. The Morgan fingerprint density at radius 1 is 1.00 bits per heavy atom. The molecule has 1 nitrogen and oxygen atoms in total. The van der Waals surface area contributed by atoms with Gasteiger partial charge in [0.15, 0.2) is 0 Å². The predicted octanol–water partition coefficient (Wildman–Crippen LogP) is 4.45. The van der Waals surface area contributed by atoms with E-state index in [1.54, 1.807) is 6.07 Å². The maximum atomic E-state index is 13.3. The van der Waals surface area contributed by atoms with E-state index < -0.39 is 0 Å². The van der Waals surface area contributed by atoms with Crippen LogP contribution in [0.25, 0.3) is 0 Å². The lowest BCUT2D eigenvalue weighted by Crippen LogP contribution is -2.34. The van der Waals surface area contributed by atoms with Gasteiger partial charge in [0.1, 0.15) is 11.6 Å². The summed E-state index contributed by atoms with van der Waals surface area (Å²) in [5, 5.41) is 0. The first kappa shape index (κ1) is 14.0. The fourth-order valence-corrected chi connectivity index (χ4v) is 3.47. The van der Waals surface area contributed by atoms with Crippen molar-refractivity contribution in [1.82, 2.24) is 0 Å². The number of rotatable bonds is 4. The number of halogens is 1. The molecule has 0 unspecified atom stereocenters. The third-order valence-electron chi connectivity index (χ3n) is 4.57. The van der Waals surface area contributed by atoms with Crippen LogP contribution in [0.2, 0.25) is 0 Å². The summed E-state index contributed by atoms with van der Waals surface area (Å²) in [5.74, 6) is -0.0581. The molecular weight excluding hydrogens is 263 g/mol. The first-order valence-electron chi connectivity index (χ1n) is 7.54. The second kappa shape index (κ2) is 5.80. The maximum absolute atomic E-state index is 13.3. The van der Waals surface area contributed by atoms with Crippen molar-refractivity contribution in [1.29, 1.82) is 0 Å². The molecule has 0 aromatic heterocycles. The Hall–Kier alpha value is -1.96. The molecule has 0 bridgehead atoms. The lowest BCUT2D eigenvalue weighted by molar-refractivity contribution is -0.123. The smallest absolute Gasteiger partial charge is 0.147 e. The highest BCUT2D eigenvalue weighted by molar-refractivity contribution is 5.92. The van der Waals surface area contributed by atoms with Gasteiger partial charge in [-0.15, -0.1) is 0 Å². The van der Waals surface area contributed by atoms with Gasteiger partial charge in [0, 0.05) is 6.42 Å². The first-order valence-corrected chi connectivity index (χ1v) is 7.54. The Bertz CT molecular complexity index is 627. The number of hydrogen-bond donors (Lipinski definition) is 0. The van der Waals surface area contributed by atoms with Crippen molar-refractivity contribution in [3.63, 3.8) is 0 Å². The lowest BCUT2D eigenvalue weighted by Gasteiger charge is -2.28. The van der Waals surface area contributed by atoms with Crippen molar-refractivity contribution >= 4 is 5.78 Å². The number of benzene rings is 2. The lowest BCUT2D eigenvalue weighted by atomic mass is 9.73. The van der Waals surface area contributed by atoms with E-state index in [0.29, 0.717) is 6.42 Å². The zero-order chi connectivity index (χ0) is 14.7. The SMILES string of the molecule is O=C(Cc1cccc(F)c1)C1(c2ccccc2)CCCC1. The van der Waals surface area contributed by atoms with Crippen molar-refractivity contribution in [3.05, 3.63) is 71.5 Å². The van der Waals surface area contributed by atoms with Crippen molar-refractivity contribution < 1.29 is 9.18 Å². The van der Waals surface area contributed by atoms with Crippen LogP contribution in [-0.2, 0) is 16.6 Å². The number of ketones is 1. The molecule has 1 fully saturated rings. The molecule has 0 amide bonds. The van der Waals surface area contributed by atoms with E-state index in [9.17, 15) is 9.18 Å². The van der Waals surface area contributed by atoms with Gasteiger partial charge < -0.3 is 0 Å². The Kier molecular flexibility index (Phi) is 3.87. The summed E-state index contributed by atoms with van der Waals surface area (Å²) in [6.07, 6.45) is 4.30. The van der Waals surface area contributed by atoms with Gasteiger partial charge in [0.05, 0.1) is 5.41 Å². The molecule has 2 heteroatoms. The summed E-state index contributed by atoms with van der Waals surface area (Å²) in [6, 6.07) is 16.4. The molecular formula is C19H19FO. The average Bonchev–Trinajstić information content (AvgIpc) is 2.99. The minimum atomic E-state index is -0.367. The fourth-order valence-electron chi connectivity index (χ4n) is 3.47. The predicted molar refractivity (Wildman–Crippen MR) is 81.7 cm³/mol. The van der Waals surface area contributed by atoms with Crippen molar-refractivity contribution in [2.24, 2.45) is 0 Å². The van der Waals surface area contributed by atoms with Gasteiger partial charge in [0.25, 0.3) is 0 Å². The molecule has 0 N–H and O–H groups in total. The van der Waals surface area contributed by atoms with Gasteiger partial charge in [0.2, 0.25) is 0 Å². The maximum Gasteiger partial charge on any atom is 0.147 e. The van der Waals surface area contributed by atoms with E-state index >= 15 is 0 Å². The zero-order valence-corrected chi connectivity index (χ0v) is 12.0. The zero-order valence-electron chi connectivity index (χ0n) is 12.0. The quantitative estimate of drug-likeness (QED) is 0.809. The van der Waals surface area contributed by atoms with Crippen molar-refractivity contribution in [3.8, 4) is 0 Å². The van der Waals surface area contributed by atoms with Gasteiger partial charge in [-0.1, -0.05) is 55.3 Å². The molecule has 0 atom stereocenters. The second-order valence-corrected chi connectivity index (χ2v) is 5.89. The van der Waals surface area contributed by atoms with Crippen molar-refractivity contribution in [2.75, 3.05) is 0 Å². The molecule has 108 valence electrons. The number of carbonyl (C=O) groups excluding carboxylic acids is 1. The van der Waals surface area contributed by atoms with E-state index in [0.717, 1.165) is 36.8 Å². The van der Waals surface area contributed by atoms with Gasteiger partial charge >= 0.3 is 0 Å². The summed E-state index contributed by atoms with van der Waals surface area (Å²) in [7, 11) is 0. The molecule has 21 heavy (non-hydrogen) atoms. The molecule has 0 saturated heterocycles. The molecule has 1 saturated carbocycles. The standard InChI is InChI=1S/C19H19FO/c20-17-10-6-7-15(13-17)14-18(21)19(11-4-5-12-19)16-8-2-1-3-9-16/h1-3,6-10,13H,4-5,11-12,14H2. The van der Waals surface area contributed by atoms with Gasteiger partial charge in [-0.05, 0) is 36.1 Å². The summed E-state index contributed by atoms with van der Waals surface area (Å²) < 4.78 is 13.3. The van der Waals surface area contributed by atoms with Crippen LogP contribution in [0.15, 0.2) is 54.6 Å². The Morgan fingerprint density at radius 3 is 2.38 bits per heavy atom. The van der Waals surface area contributed by atoms with Crippen LogP contribution in [0.3, 0.4) is 0 Å². The van der Waals surface area contributed by atoms with Crippen LogP contribution < -0.4 is 0 Å². The van der Waals surface area contributed by atoms with Crippen LogP contribution in [0.5, 0.6) is 0 Å². The summed E-state index contributed by atoms with van der Waals surface area (Å²) in [4.78, 5) is 12.9. The topological polar surface area (TPSA) is 17.1 Å². The largest absolute Gasteiger partial charge is 0.298 e. The normalized spacial score (nSPS) is 16.8. The molecule has 3 rings (SSSR count). The highest BCUT2D eigenvalue weighted by atomic mass is 19.1. The molecule has 0 spiro atoms. The highest BCUT2D eigenvalue weighted by Gasteiger charge is 2.41. The van der Waals surface area contributed by atoms with E-state index in [1.807, 2.05) is 24.3 Å². The van der Waals surface area contributed by atoms with Gasteiger partial charge in [-0.3, -0.25) is 4.79 Å². The first-order chi connectivity index (χ1) is 10.2. The van der Waals surface area contributed by atoms with E-state index in [2.05, 4.69) is 12.1 Å². The Labute approximate surface area is 124 Å². The third kappa shape index (κ3) is 2.76. The minimum absolute atomic E-state index is 0.219. The molecule has 0 radical (unpaired) electrons. The van der Waals surface area contributed by atoms with E-state index in [4.69, 9.17) is 0 Å². The highest BCUT2D eigenvalue weighted by Crippen LogP contribution is 2.42. The van der Waals surface area contributed by atoms with Gasteiger partial charge in [-0.25, -0.2) is 4.39 Å². The van der Waals surface area contributed by atoms with Crippen LogP contribution >= 0.6 is 0 Å². The minimum Gasteiger partial charge on any atom is -0.298 e. The number of Topliss-reactive ketones (excluding diaryl/α,β-unsaturated/α-hetero) is 1. The number of hydrogen-bond acceptors (Lipinski definition) is 1. The van der Waals surface area contributed by atoms with Crippen molar-refractivity contribution in [2.45, 2.75) is 37.5 Å². The Morgan fingerprint density at radius 2 is 1.71 bits per heavy atom. The molecule has 1 aliphatic carbocycles. The molecule has 2 aromatic carbocycles. The summed E-state index contributed by atoms with van der Waals surface area (Å²) in [5.41, 5.74) is 1.51. The summed E-state index contributed by atoms with van der Waals surface area (Å²) in [6.45, 7) is 0. The van der Waals surface area contributed by atoms with Crippen LogP contribution in [-0.4, -0.2) is 5.78 Å². The van der Waals surface area contributed by atoms with Gasteiger partial charge in [-0.2, -0.15) is 0 Å². The molecule has 2 aromatic rings. The van der Waals surface area contributed by atoms with Crippen LogP contribution in [0.1, 0.15) is 36.8 Å². The summed E-state index contributed by atoms with van der Waals surface area (Å²) >= 11 is 0. The van der Waals surface area contributed by atoms with E-state index in [-0.39, 0.29) is 17.0 Å². The third-order valence-corrected chi connectivity index (χ3v) is 4.57. The molecule has 0 aliphatic heterocycles. The number of carbonyl (C=O) groups is 1. The molecule has 0 heterocycles. The van der Waals surface area contributed by atoms with Crippen LogP contribution in [0, 0.1) is 5.82 Å².